The van der Waals surface area contributed by atoms with Crippen LogP contribution in [0.15, 0.2) is 18.2 Å². The Morgan fingerprint density at radius 1 is 1.28 bits per heavy atom. The van der Waals surface area contributed by atoms with Crippen LogP contribution in [0.25, 0.3) is 0 Å². The molecule has 0 aromatic heterocycles. The van der Waals surface area contributed by atoms with E-state index in [-0.39, 0.29) is 5.56 Å². The molecule has 0 radical (unpaired) electrons. The number of rotatable bonds is 3. The highest BCUT2D eigenvalue weighted by molar-refractivity contribution is 5.32. The molecule has 1 aromatic carbocycles. The summed E-state index contributed by atoms with van der Waals surface area (Å²) in [6.07, 6.45) is -4.96. The summed E-state index contributed by atoms with van der Waals surface area (Å²) in [7, 11) is 0. The molecule has 0 bridgehead atoms. The molecule has 0 heterocycles. The van der Waals surface area contributed by atoms with Gasteiger partial charge in [0.1, 0.15) is 0 Å². The van der Waals surface area contributed by atoms with Crippen molar-refractivity contribution in [2.45, 2.75) is 31.9 Å². The Morgan fingerprint density at radius 2 is 1.83 bits per heavy atom. The second-order valence-electron chi connectivity index (χ2n) is 4.37. The van der Waals surface area contributed by atoms with Gasteiger partial charge in [0, 0.05) is 0 Å². The molecule has 18 heavy (non-hydrogen) atoms. The number of aliphatic hydroxyl groups is 1. The van der Waals surface area contributed by atoms with Gasteiger partial charge in [-0.05, 0) is 31.5 Å². The fraction of sp³-hybridized carbons (Fsp3) is 0.455. The topological polar surface area (TPSA) is 55.5 Å². The summed E-state index contributed by atoms with van der Waals surface area (Å²) < 4.78 is 52.6. The average molecular weight is 267 g/mol. The van der Waals surface area contributed by atoms with Crippen molar-refractivity contribution in [3.8, 4) is 5.75 Å². The minimum Gasteiger partial charge on any atom is -0.403 e. The summed E-state index contributed by atoms with van der Waals surface area (Å²) in [5, 5.41) is 9.63. The van der Waals surface area contributed by atoms with Crippen LogP contribution in [0.1, 0.15) is 25.5 Å². The third kappa shape index (κ3) is 3.85. The van der Waals surface area contributed by atoms with Crippen LogP contribution in [0.2, 0.25) is 0 Å². The second-order valence-corrected chi connectivity index (χ2v) is 4.37. The van der Waals surface area contributed by atoms with Crippen molar-refractivity contribution >= 4 is 0 Å². The van der Waals surface area contributed by atoms with E-state index in [1.165, 1.54) is 19.9 Å². The Labute approximate surface area is 101 Å². The van der Waals surface area contributed by atoms with E-state index >= 15 is 0 Å². The number of ether oxygens (including phenoxy) is 1. The van der Waals surface area contributed by atoms with E-state index in [0.29, 0.717) is 0 Å². The summed E-state index contributed by atoms with van der Waals surface area (Å²) >= 11 is 0. The predicted molar refractivity (Wildman–Crippen MR) is 56.3 cm³/mol. The molecule has 0 spiro atoms. The van der Waals surface area contributed by atoms with Gasteiger partial charge in [-0.3, -0.25) is 0 Å². The molecule has 1 rings (SSSR count). The maximum Gasteiger partial charge on any atom is 0.573 e. The van der Waals surface area contributed by atoms with Gasteiger partial charge < -0.3 is 15.6 Å². The molecule has 0 fully saturated rings. The third-order valence-corrected chi connectivity index (χ3v) is 2.30. The van der Waals surface area contributed by atoms with Gasteiger partial charge in [-0.15, -0.1) is 13.2 Å². The van der Waals surface area contributed by atoms with E-state index in [0.717, 1.165) is 12.1 Å². The van der Waals surface area contributed by atoms with Gasteiger partial charge in [0.15, 0.2) is 11.6 Å². The van der Waals surface area contributed by atoms with Crippen molar-refractivity contribution in [1.29, 1.82) is 0 Å². The highest BCUT2D eigenvalue weighted by Crippen LogP contribution is 2.29. The summed E-state index contributed by atoms with van der Waals surface area (Å²) in [5.41, 5.74) is 4.49. The Morgan fingerprint density at radius 3 is 2.22 bits per heavy atom. The molecule has 7 heteroatoms. The molecule has 102 valence electrons. The molecular formula is C11H13F4NO2. The molecule has 0 aliphatic carbocycles. The van der Waals surface area contributed by atoms with E-state index in [9.17, 15) is 22.7 Å². The summed E-state index contributed by atoms with van der Waals surface area (Å²) in [5.74, 6) is -2.13. The first kappa shape index (κ1) is 14.7. The monoisotopic (exact) mass is 267 g/mol. The molecule has 0 unspecified atom stereocenters. The Bertz CT molecular complexity index is 426. The van der Waals surface area contributed by atoms with E-state index in [1.807, 2.05) is 0 Å². The largest absolute Gasteiger partial charge is 0.573 e. The zero-order valence-electron chi connectivity index (χ0n) is 9.75. The van der Waals surface area contributed by atoms with Crippen molar-refractivity contribution in [1.82, 2.24) is 0 Å². The zero-order valence-corrected chi connectivity index (χ0v) is 9.75. The first-order chi connectivity index (χ1) is 8.00. The van der Waals surface area contributed by atoms with Crippen LogP contribution in [0.5, 0.6) is 5.75 Å². The van der Waals surface area contributed by atoms with Crippen LogP contribution in [0.4, 0.5) is 17.6 Å². The summed E-state index contributed by atoms with van der Waals surface area (Å²) in [6, 6.07) is 1.88. The van der Waals surface area contributed by atoms with E-state index < -0.39 is 29.6 Å². The van der Waals surface area contributed by atoms with Gasteiger partial charge >= 0.3 is 6.36 Å². The quantitative estimate of drug-likeness (QED) is 0.827. The van der Waals surface area contributed by atoms with Gasteiger partial charge in [-0.2, -0.15) is 0 Å². The van der Waals surface area contributed by atoms with Crippen LogP contribution in [-0.2, 0) is 0 Å². The van der Waals surface area contributed by atoms with Crippen molar-refractivity contribution in [3.63, 3.8) is 0 Å². The highest BCUT2D eigenvalue weighted by Gasteiger charge is 2.33. The lowest BCUT2D eigenvalue weighted by Crippen LogP contribution is -2.35. The third-order valence-electron chi connectivity index (χ3n) is 2.30. The standard InChI is InChI=1S/C11H13F4NO2/c1-10(2,17)9(16)6-3-4-8(7(12)5-6)18-11(13,14)15/h3-5,9,17H,16H2,1-2H3/t9-/m0/s1. The van der Waals surface area contributed by atoms with Gasteiger partial charge in [0.25, 0.3) is 0 Å². The number of hydrogen-bond donors (Lipinski definition) is 2. The second kappa shape index (κ2) is 4.74. The summed E-state index contributed by atoms with van der Waals surface area (Å²) in [6.45, 7) is 2.82. The minimum atomic E-state index is -4.96. The smallest absolute Gasteiger partial charge is 0.403 e. The molecule has 0 saturated carbocycles. The number of hydrogen-bond acceptors (Lipinski definition) is 3. The van der Waals surface area contributed by atoms with Gasteiger partial charge in [0.05, 0.1) is 11.6 Å². The van der Waals surface area contributed by atoms with Gasteiger partial charge in [-0.25, -0.2) is 4.39 Å². The molecule has 1 atom stereocenters. The SMILES string of the molecule is CC(C)(O)[C@@H](N)c1ccc(OC(F)(F)F)c(F)c1. The molecule has 0 amide bonds. The zero-order chi connectivity index (χ0) is 14.1. The van der Waals surface area contributed by atoms with E-state index in [1.54, 1.807) is 0 Å². The number of nitrogens with two attached hydrogens (primary N) is 1. The van der Waals surface area contributed by atoms with E-state index in [2.05, 4.69) is 4.74 Å². The average Bonchev–Trinajstić information content (AvgIpc) is 2.16. The minimum absolute atomic E-state index is 0.175. The molecule has 0 saturated heterocycles. The number of benzene rings is 1. The molecule has 0 aliphatic rings. The lowest BCUT2D eigenvalue weighted by molar-refractivity contribution is -0.275. The number of halogens is 4. The lowest BCUT2D eigenvalue weighted by Gasteiger charge is -2.26. The predicted octanol–water partition coefficient (Wildman–Crippen LogP) is 2.50. The van der Waals surface area contributed by atoms with Crippen molar-refractivity contribution in [2.75, 3.05) is 0 Å². The summed E-state index contributed by atoms with van der Waals surface area (Å²) in [4.78, 5) is 0. The van der Waals surface area contributed by atoms with Crippen LogP contribution in [-0.4, -0.2) is 17.1 Å². The van der Waals surface area contributed by atoms with Crippen LogP contribution in [0.3, 0.4) is 0 Å². The van der Waals surface area contributed by atoms with Crippen LogP contribution < -0.4 is 10.5 Å². The van der Waals surface area contributed by atoms with Crippen molar-refractivity contribution in [2.24, 2.45) is 5.73 Å². The molecule has 3 nitrogen and oxygen atoms in total. The molecule has 3 N–H and O–H groups in total. The fourth-order valence-corrected chi connectivity index (χ4v) is 1.33. The van der Waals surface area contributed by atoms with Crippen molar-refractivity contribution in [3.05, 3.63) is 29.6 Å². The van der Waals surface area contributed by atoms with Gasteiger partial charge in [0.2, 0.25) is 0 Å². The molecular weight excluding hydrogens is 254 g/mol. The maximum atomic E-state index is 13.4. The first-order valence-electron chi connectivity index (χ1n) is 5.04. The van der Waals surface area contributed by atoms with Crippen LogP contribution >= 0.6 is 0 Å². The van der Waals surface area contributed by atoms with Gasteiger partial charge in [-0.1, -0.05) is 6.07 Å². The van der Waals surface area contributed by atoms with Crippen molar-refractivity contribution < 1.29 is 27.4 Å². The van der Waals surface area contributed by atoms with E-state index in [4.69, 9.17) is 5.73 Å². The lowest BCUT2D eigenvalue weighted by atomic mass is 9.93. The molecule has 0 aliphatic heterocycles. The normalized spacial score (nSPS) is 14.4. The highest BCUT2D eigenvalue weighted by atomic mass is 19.4. The fourth-order valence-electron chi connectivity index (χ4n) is 1.33. The maximum absolute atomic E-state index is 13.4. The molecule has 1 aromatic rings. The number of alkyl halides is 3. The Hall–Kier alpha value is -1.34. The Kier molecular flexibility index (Phi) is 3.87. The first-order valence-corrected chi connectivity index (χ1v) is 5.04. The van der Waals surface area contributed by atoms with Crippen LogP contribution in [0, 0.1) is 5.82 Å². The Balaban J connectivity index is 3.00.